The van der Waals surface area contributed by atoms with Crippen LogP contribution in [0.1, 0.15) is 33.4 Å². The number of aryl methyl sites for hydroxylation is 4. The Balaban J connectivity index is 0. The maximum Gasteiger partial charge on any atom is 2.00 e. The summed E-state index contributed by atoms with van der Waals surface area (Å²) in [6.07, 6.45) is 0. The zero-order valence-corrected chi connectivity index (χ0v) is 25.5. The van der Waals surface area contributed by atoms with Crippen molar-refractivity contribution in [2.24, 2.45) is 0 Å². The van der Waals surface area contributed by atoms with Crippen LogP contribution < -0.4 is 24.8 Å². The van der Waals surface area contributed by atoms with E-state index in [2.05, 4.69) is 76.2 Å². The molecular formula is C24H24Cl4Zr2. The van der Waals surface area contributed by atoms with Gasteiger partial charge in [0.05, 0.1) is 0 Å². The molecule has 0 atom stereocenters. The summed E-state index contributed by atoms with van der Waals surface area (Å²) < 4.78 is 0. The normalized spacial score (nSPS) is 9.53. The van der Waals surface area contributed by atoms with E-state index in [0.717, 1.165) is 0 Å². The molecule has 0 saturated heterocycles. The summed E-state index contributed by atoms with van der Waals surface area (Å²) in [6, 6.07) is 17.4. The topological polar surface area (TPSA) is 0 Å². The molecule has 0 radical (unpaired) electrons. The van der Waals surface area contributed by atoms with E-state index in [9.17, 15) is 0 Å². The van der Waals surface area contributed by atoms with Crippen LogP contribution in [0.3, 0.4) is 0 Å². The first-order valence-electron chi connectivity index (χ1n) is 8.87. The van der Waals surface area contributed by atoms with Crippen molar-refractivity contribution in [3.05, 3.63) is 81.9 Å². The molecule has 6 heteroatoms. The minimum Gasteiger partial charge on any atom is -1.00 e. The summed E-state index contributed by atoms with van der Waals surface area (Å²) in [5.41, 5.74) is 7.76. The van der Waals surface area contributed by atoms with Crippen LogP contribution in [0.25, 0.3) is 21.5 Å². The Kier molecular flexibility index (Phi) is 16.0. The number of hydrogen-bond acceptors (Lipinski definition) is 0. The first-order valence-corrected chi connectivity index (χ1v) is 9.94. The monoisotopic (exact) mass is 632 g/mol. The second-order valence-corrected chi connectivity index (χ2v) is 7.61. The third-order valence-corrected chi connectivity index (χ3v) is 5.54. The third-order valence-electron chi connectivity index (χ3n) is 4.97. The van der Waals surface area contributed by atoms with Crippen LogP contribution in [0.5, 0.6) is 0 Å². The maximum atomic E-state index is 5.87. The first kappa shape index (κ1) is 32.8. The van der Waals surface area contributed by atoms with E-state index < -0.39 is 0 Å². The summed E-state index contributed by atoms with van der Waals surface area (Å²) in [5, 5.41) is 5.31. The smallest absolute Gasteiger partial charge is 1.00 e. The molecule has 0 nitrogen and oxygen atoms in total. The Morgan fingerprint density at radius 2 is 0.967 bits per heavy atom. The zero-order chi connectivity index (χ0) is 18.8. The molecule has 0 fully saturated rings. The van der Waals surface area contributed by atoms with Crippen LogP contribution in [-0.4, -0.2) is 0 Å². The van der Waals surface area contributed by atoms with Gasteiger partial charge in [-0.25, -0.2) is 0 Å². The van der Waals surface area contributed by atoms with Gasteiger partial charge in [0, 0.05) is 11.8 Å². The van der Waals surface area contributed by atoms with Gasteiger partial charge in [0.25, 0.3) is 0 Å². The summed E-state index contributed by atoms with van der Waals surface area (Å²) in [7, 11) is 0. The Morgan fingerprint density at radius 1 is 0.633 bits per heavy atom. The molecule has 0 bridgehead atoms. The quantitative estimate of drug-likeness (QED) is 0.233. The second kappa shape index (κ2) is 14.7. The van der Waals surface area contributed by atoms with Gasteiger partial charge >= 0.3 is 52.4 Å². The largest absolute Gasteiger partial charge is 2.00 e. The molecule has 0 aromatic heterocycles. The van der Waals surface area contributed by atoms with Gasteiger partial charge in [-0.3, -0.25) is 0 Å². The van der Waals surface area contributed by atoms with Crippen LogP contribution in [0.4, 0.5) is 0 Å². The van der Waals surface area contributed by atoms with Crippen molar-refractivity contribution in [1.82, 2.24) is 0 Å². The molecule has 156 valence electrons. The second-order valence-electron chi connectivity index (χ2n) is 7.07. The van der Waals surface area contributed by atoms with Crippen molar-refractivity contribution < 1.29 is 77.2 Å². The molecule has 0 aliphatic rings. The van der Waals surface area contributed by atoms with Crippen molar-refractivity contribution in [3.63, 3.8) is 0 Å². The molecular weight excluding hydrogens is 613 g/mol. The van der Waals surface area contributed by atoms with Gasteiger partial charge < -0.3 is 24.8 Å². The van der Waals surface area contributed by atoms with Gasteiger partial charge in [0.1, 0.15) is 0 Å². The third kappa shape index (κ3) is 7.30. The molecule has 0 amide bonds. The molecule has 0 heterocycles. The molecule has 0 aliphatic heterocycles. The van der Waals surface area contributed by atoms with Crippen LogP contribution in [0.2, 0.25) is 0 Å². The maximum absolute atomic E-state index is 5.87. The van der Waals surface area contributed by atoms with Gasteiger partial charge in [0.2, 0.25) is 0 Å². The van der Waals surface area contributed by atoms with E-state index in [-0.39, 0.29) is 77.2 Å². The van der Waals surface area contributed by atoms with Gasteiger partial charge in [-0.1, -0.05) is 51.0 Å². The van der Waals surface area contributed by atoms with E-state index in [1.807, 2.05) is 0 Å². The van der Waals surface area contributed by atoms with Crippen molar-refractivity contribution >= 4 is 44.7 Å². The van der Waals surface area contributed by atoms with Crippen LogP contribution in [0, 0.1) is 27.7 Å². The fourth-order valence-corrected chi connectivity index (χ4v) is 4.00. The number of alkyl halides is 2. The first-order chi connectivity index (χ1) is 12.4. The van der Waals surface area contributed by atoms with Gasteiger partial charge in [0.15, 0.2) is 0 Å². The Bertz CT molecular complexity index is 978. The molecule has 0 aliphatic carbocycles. The van der Waals surface area contributed by atoms with Crippen LogP contribution in [-0.2, 0) is 64.2 Å². The molecule has 30 heavy (non-hydrogen) atoms. The SMILES string of the molecule is Cc1cc2c(CCl)ccc(C)c2[cH-]1.Cc1cc2c(CCl)ccc(C)c2[cH-]1.[Cl-].[Cl-].[Zr+2].[Zr+2]. The molecule has 4 aromatic carbocycles. The van der Waals surface area contributed by atoms with Crippen molar-refractivity contribution in [2.75, 3.05) is 0 Å². The number of rotatable bonds is 2. The zero-order valence-electron chi connectivity index (χ0n) is 17.5. The predicted molar refractivity (Wildman–Crippen MR) is 117 cm³/mol. The van der Waals surface area contributed by atoms with E-state index in [1.54, 1.807) is 0 Å². The molecule has 0 unspecified atom stereocenters. The van der Waals surface area contributed by atoms with E-state index in [1.165, 1.54) is 54.9 Å². The Labute approximate surface area is 240 Å². The summed E-state index contributed by atoms with van der Waals surface area (Å²) in [5.74, 6) is 1.19. The number of hydrogen-bond donors (Lipinski definition) is 0. The van der Waals surface area contributed by atoms with Gasteiger partial charge in [-0.05, 0) is 0 Å². The minimum absolute atomic E-state index is 0. The molecule has 0 N–H and O–H groups in total. The number of benzene rings is 2. The fraction of sp³-hybridized carbons (Fsp3) is 0.250. The summed E-state index contributed by atoms with van der Waals surface area (Å²) >= 11 is 11.7. The fourth-order valence-electron chi connectivity index (χ4n) is 3.53. The number of halogens is 4. The van der Waals surface area contributed by atoms with E-state index in [4.69, 9.17) is 23.2 Å². The van der Waals surface area contributed by atoms with Crippen molar-refractivity contribution in [2.45, 2.75) is 39.5 Å². The Hall–Kier alpha value is 0.586. The summed E-state index contributed by atoms with van der Waals surface area (Å²) in [4.78, 5) is 0. The standard InChI is InChI=1S/2C12H12Cl.2ClH.2Zr/c2*1-8-5-11-9(2)3-4-10(7-13)12(11)6-8;;;;/h2*3-6H,7H2,1-2H3;2*1H;;/q2*-1;;;2*+2/p-2. The van der Waals surface area contributed by atoms with E-state index >= 15 is 0 Å². The summed E-state index contributed by atoms with van der Waals surface area (Å²) in [6.45, 7) is 8.52. The minimum atomic E-state index is 0. The van der Waals surface area contributed by atoms with Crippen molar-refractivity contribution in [1.29, 1.82) is 0 Å². The molecule has 0 saturated carbocycles. The van der Waals surface area contributed by atoms with Gasteiger partial charge in [-0.2, -0.15) is 12.1 Å². The molecule has 4 rings (SSSR count). The molecule has 4 aromatic rings. The Morgan fingerprint density at radius 3 is 1.27 bits per heavy atom. The molecule has 0 spiro atoms. The van der Waals surface area contributed by atoms with Gasteiger partial charge in [-0.15, -0.1) is 91.3 Å². The number of fused-ring (bicyclic) bond motifs is 2. The van der Waals surface area contributed by atoms with Crippen LogP contribution in [0.15, 0.2) is 48.5 Å². The van der Waals surface area contributed by atoms with Crippen molar-refractivity contribution in [3.8, 4) is 0 Å². The average Bonchev–Trinajstić information content (AvgIpc) is 3.20. The van der Waals surface area contributed by atoms with Crippen LogP contribution >= 0.6 is 23.2 Å². The predicted octanol–water partition coefficient (Wildman–Crippen LogP) is 1.83. The average molecular weight is 637 g/mol. The van der Waals surface area contributed by atoms with E-state index in [0.29, 0.717) is 11.8 Å².